The first kappa shape index (κ1) is 14.0. The Kier molecular flexibility index (Phi) is 3.65. The fourth-order valence-corrected chi connectivity index (χ4v) is 3.02. The number of nitrogens with zero attached hydrogens (tertiary/aromatic N) is 2. The molecule has 0 aliphatic carbocycles. The average molecular weight is 323 g/mol. The Labute approximate surface area is 130 Å². The summed E-state index contributed by atoms with van der Waals surface area (Å²) in [6, 6.07) is 6.49. The SMILES string of the molecule is CNc1nc(Nc2ccc(F)c(Cl)c2)c2cc(C)sc2n1. The maximum atomic E-state index is 13.2. The van der Waals surface area contributed by atoms with Crippen LogP contribution in [0.3, 0.4) is 0 Å². The largest absolute Gasteiger partial charge is 0.357 e. The van der Waals surface area contributed by atoms with Crippen LogP contribution in [0, 0.1) is 12.7 Å². The Morgan fingerprint density at radius 1 is 1.24 bits per heavy atom. The summed E-state index contributed by atoms with van der Waals surface area (Å²) in [5, 5.41) is 7.10. The van der Waals surface area contributed by atoms with Gasteiger partial charge in [0, 0.05) is 17.6 Å². The number of hydrogen-bond donors (Lipinski definition) is 2. The number of aromatic nitrogens is 2. The summed E-state index contributed by atoms with van der Waals surface area (Å²) in [5.41, 5.74) is 0.673. The van der Waals surface area contributed by atoms with Gasteiger partial charge in [-0.2, -0.15) is 4.98 Å². The molecule has 0 aliphatic heterocycles. The van der Waals surface area contributed by atoms with Crippen LogP contribution in [0.1, 0.15) is 4.88 Å². The van der Waals surface area contributed by atoms with Crippen molar-refractivity contribution in [1.29, 1.82) is 0 Å². The van der Waals surface area contributed by atoms with Crippen molar-refractivity contribution in [2.45, 2.75) is 6.92 Å². The van der Waals surface area contributed by atoms with Gasteiger partial charge in [0.2, 0.25) is 5.95 Å². The topological polar surface area (TPSA) is 49.8 Å². The second-order valence-electron chi connectivity index (χ2n) is 4.48. The molecule has 0 amide bonds. The van der Waals surface area contributed by atoms with Crippen molar-refractivity contribution in [1.82, 2.24) is 9.97 Å². The van der Waals surface area contributed by atoms with E-state index >= 15 is 0 Å². The molecule has 3 rings (SSSR count). The summed E-state index contributed by atoms with van der Waals surface area (Å²) in [5.74, 6) is 0.744. The van der Waals surface area contributed by atoms with Crippen LogP contribution in [-0.2, 0) is 0 Å². The maximum absolute atomic E-state index is 13.2. The van der Waals surface area contributed by atoms with E-state index in [-0.39, 0.29) is 5.02 Å². The van der Waals surface area contributed by atoms with Crippen molar-refractivity contribution in [3.63, 3.8) is 0 Å². The molecule has 0 bridgehead atoms. The Morgan fingerprint density at radius 3 is 2.76 bits per heavy atom. The predicted octanol–water partition coefficient (Wildman–Crippen LogP) is 4.58. The summed E-state index contributed by atoms with van der Waals surface area (Å²) in [6.07, 6.45) is 0. The predicted molar refractivity (Wildman–Crippen MR) is 86.4 cm³/mol. The molecule has 0 fully saturated rings. The summed E-state index contributed by atoms with van der Waals surface area (Å²) < 4.78 is 13.2. The highest BCUT2D eigenvalue weighted by molar-refractivity contribution is 7.18. The molecule has 0 spiro atoms. The van der Waals surface area contributed by atoms with Crippen molar-refractivity contribution in [3.8, 4) is 0 Å². The van der Waals surface area contributed by atoms with E-state index in [1.165, 1.54) is 12.1 Å². The Morgan fingerprint density at radius 2 is 2.05 bits per heavy atom. The van der Waals surface area contributed by atoms with Gasteiger partial charge in [-0.1, -0.05) is 11.6 Å². The first-order valence-electron chi connectivity index (χ1n) is 6.25. The van der Waals surface area contributed by atoms with Gasteiger partial charge in [0.25, 0.3) is 0 Å². The zero-order valence-corrected chi connectivity index (χ0v) is 12.9. The van der Waals surface area contributed by atoms with Gasteiger partial charge < -0.3 is 10.6 Å². The third kappa shape index (κ3) is 2.77. The van der Waals surface area contributed by atoms with Crippen LogP contribution in [0.15, 0.2) is 24.3 Å². The van der Waals surface area contributed by atoms with E-state index in [9.17, 15) is 4.39 Å². The van der Waals surface area contributed by atoms with E-state index in [1.54, 1.807) is 24.5 Å². The Balaban J connectivity index is 2.07. The molecule has 4 nitrogen and oxygen atoms in total. The normalized spacial score (nSPS) is 10.9. The highest BCUT2D eigenvalue weighted by atomic mass is 35.5. The molecular formula is C14H12ClFN4S. The van der Waals surface area contributed by atoms with Gasteiger partial charge in [0.05, 0.1) is 10.4 Å². The second kappa shape index (κ2) is 5.46. The lowest BCUT2D eigenvalue weighted by Gasteiger charge is -2.09. The number of hydrogen-bond acceptors (Lipinski definition) is 5. The van der Waals surface area contributed by atoms with Crippen molar-refractivity contribution in [3.05, 3.63) is 40.0 Å². The number of aryl methyl sites for hydroxylation is 1. The van der Waals surface area contributed by atoms with Crippen molar-refractivity contribution >= 4 is 50.6 Å². The van der Waals surface area contributed by atoms with Gasteiger partial charge in [0.1, 0.15) is 16.5 Å². The first-order chi connectivity index (χ1) is 10.1. The molecule has 2 heterocycles. The minimum atomic E-state index is -0.447. The van der Waals surface area contributed by atoms with Crippen molar-refractivity contribution in [2.75, 3.05) is 17.7 Å². The quantitative estimate of drug-likeness (QED) is 0.741. The third-order valence-electron chi connectivity index (χ3n) is 2.92. The van der Waals surface area contributed by atoms with Crippen LogP contribution >= 0.6 is 22.9 Å². The van der Waals surface area contributed by atoms with Gasteiger partial charge in [-0.15, -0.1) is 11.3 Å². The minimum absolute atomic E-state index is 0.0700. The molecule has 1 aromatic carbocycles. The third-order valence-corrected chi connectivity index (χ3v) is 4.16. The molecule has 2 aromatic heterocycles. The Hall–Kier alpha value is -1.92. The van der Waals surface area contributed by atoms with Crippen molar-refractivity contribution < 1.29 is 4.39 Å². The lowest BCUT2D eigenvalue weighted by molar-refractivity contribution is 0.628. The number of halogens is 2. The van der Waals surface area contributed by atoms with Crippen LogP contribution in [0.2, 0.25) is 5.02 Å². The minimum Gasteiger partial charge on any atom is -0.357 e. The molecule has 108 valence electrons. The highest BCUT2D eigenvalue weighted by Gasteiger charge is 2.11. The smallest absolute Gasteiger partial charge is 0.225 e. The summed E-state index contributed by atoms with van der Waals surface area (Å²) >= 11 is 7.40. The molecular weight excluding hydrogens is 311 g/mol. The number of thiophene rings is 1. The number of anilines is 3. The summed E-state index contributed by atoms with van der Waals surface area (Å²) in [7, 11) is 1.76. The van der Waals surface area contributed by atoms with Gasteiger partial charge in [0.15, 0.2) is 0 Å². The van der Waals surface area contributed by atoms with Crippen LogP contribution in [0.4, 0.5) is 21.8 Å². The van der Waals surface area contributed by atoms with Crippen LogP contribution in [-0.4, -0.2) is 17.0 Å². The molecule has 0 unspecified atom stereocenters. The lowest BCUT2D eigenvalue weighted by atomic mass is 10.3. The summed E-state index contributed by atoms with van der Waals surface area (Å²) in [4.78, 5) is 10.9. The molecule has 3 aromatic rings. The fraction of sp³-hybridized carbons (Fsp3) is 0.143. The number of fused-ring (bicyclic) bond motifs is 1. The van der Waals surface area contributed by atoms with Gasteiger partial charge in [-0.3, -0.25) is 0 Å². The summed E-state index contributed by atoms with van der Waals surface area (Å²) in [6.45, 7) is 2.02. The fourth-order valence-electron chi connectivity index (χ4n) is 1.96. The van der Waals surface area contributed by atoms with Crippen LogP contribution in [0.5, 0.6) is 0 Å². The number of nitrogens with one attached hydrogen (secondary N) is 2. The monoisotopic (exact) mass is 322 g/mol. The molecule has 0 atom stereocenters. The highest BCUT2D eigenvalue weighted by Crippen LogP contribution is 2.32. The zero-order chi connectivity index (χ0) is 15.0. The number of rotatable bonds is 3. The first-order valence-corrected chi connectivity index (χ1v) is 7.44. The molecule has 0 aliphatic rings. The van der Waals surface area contributed by atoms with Crippen molar-refractivity contribution in [2.24, 2.45) is 0 Å². The van der Waals surface area contributed by atoms with Gasteiger partial charge in [-0.25, -0.2) is 9.37 Å². The van der Waals surface area contributed by atoms with E-state index in [2.05, 4.69) is 20.6 Å². The maximum Gasteiger partial charge on any atom is 0.225 e. The van der Waals surface area contributed by atoms with E-state index in [1.807, 2.05) is 13.0 Å². The molecule has 7 heteroatoms. The molecule has 0 radical (unpaired) electrons. The van der Waals surface area contributed by atoms with Crippen LogP contribution in [0.25, 0.3) is 10.2 Å². The molecule has 2 N–H and O–H groups in total. The molecule has 0 saturated heterocycles. The van der Waals surface area contributed by atoms with Crippen LogP contribution < -0.4 is 10.6 Å². The van der Waals surface area contributed by atoms with E-state index in [0.29, 0.717) is 17.5 Å². The average Bonchev–Trinajstić information content (AvgIpc) is 2.83. The van der Waals surface area contributed by atoms with Gasteiger partial charge >= 0.3 is 0 Å². The van der Waals surface area contributed by atoms with Gasteiger partial charge in [-0.05, 0) is 31.2 Å². The standard InChI is InChI=1S/C14H12ClFN4S/c1-7-5-9-12(19-14(17-2)20-13(9)21-7)18-8-3-4-11(16)10(15)6-8/h3-6H,1-2H3,(H2,17,18,19,20). The van der Waals surface area contributed by atoms with E-state index in [4.69, 9.17) is 11.6 Å². The molecule has 21 heavy (non-hydrogen) atoms. The Bertz CT molecular complexity index is 818. The second-order valence-corrected chi connectivity index (χ2v) is 6.12. The molecule has 0 saturated carbocycles. The number of benzene rings is 1. The van der Waals surface area contributed by atoms with E-state index in [0.717, 1.165) is 15.1 Å². The van der Waals surface area contributed by atoms with E-state index < -0.39 is 5.82 Å². The zero-order valence-electron chi connectivity index (χ0n) is 11.4. The lowest BCUT2D eigenvalue weighted by Crippen LogP contribution is -2.01.